The van der Waals surface area contributed by atoms with Gasteiger partial charge in [0.05, 0.1) is 11.0 Å². The predicted molar refractivity (Wildman–Crippen MR) is 154 cm³/mol. The van der Waals surface area contributed by atoms with Crippen molar-refractivity contribution >= 4 is 72.1 Å². The fourth-order valence-electron chi connectivity index (χ4n) is 4.83. The molecule has 4 nitrogen and oxygen atoms in total. The zero-order valence-electron chi connectivity index (χ0n) is 19.3. The van der Waals surface area contributed by atoms with Crippen LogP contribution in [0.5, 0.6) is 0 Å². The van der Waals surface area contributed by atoms with Gasteiger partial charge in [-0.1, -0.05) is 82.7 Å². The van der Waals surface area contributed by atoms with Crippen LogP contribution in [0.2, 0.25) is 0 Å². The first-order chi connectivity index (χ1) is 17.6. The first-order valence-electron chi connectivity index (χ1n) is 11.7. The summed E-state index contributed by atoms with van der Waals surface area (Å²) in [6, 6.07) is 38.5. The van der Waals surface area contributed by atoms with Crippen molar-refractivity contribution in [1.82, 2.24) is 9.55 Å². The normalized spacial score (nSPS) is 11.2. The van der Waals surface area contributed by atoms with E-state index in [-0.39, 0.29) is 0 Å². The lowest BCUT2D eigenvalue weighted by molar-refractivity contribution is 0.426. The van der Waals surface area contributed by atoms with Gasteiger partial charge in [0.1, 0.15) is 0 Å². The number of halogens is 1. The number of nitrogens with zero attached hydrogens (tertiary/aromatic N) is 1. The van der Waals surface area contributed by atoms with Crippen LogP contribution in [0.4, 0.5) is 0 Å². The van der Waals surface area contributed by atoms with Crippen LogP contribution in [0.25, 0.3) is 49.3 Å². The second-order valence-electron chi connectivity index (χ2n) is 8.70. The average molecular weight is 533 g/mol. The topological polar surface area (TPSA) is 61.2 Å². The number of benzene rings is 5. The molecule has 0 spiro atoms. The maximum Gasteiger partial charge on any atom is 0.488 e. The molecule has 0 saturated carbocycles. The molecule has 0 aliphatic carbocycles. The third kappa shape index (κ3) is 3.99. The first-order valence-corrected chi connectivity index (χ1v) is 12.5. The quantitative estimate of drug-likeness (QED) is 0.221. The second kappa shape index (κ2) is 9.32. The van der Waals surface area contributed by atoms with Crippen molar-refractivity contribution in [3.05, 3.63) is 120 Å². The summed E-state index contributed by atoms with van der Waals surface area (Å²) < 4.78 is 3.31. The molecule has 36 heavy (non-hydrogen) atoms. The number of H-pyrrole nitrogens is 1. The summed E-state index contributed by atoms with van der Waals surface area (Å²) in [6.07, 6.45) is 0. The molecule has 6 heteroatoms. The van der Waals surface area contributed by atoms with E-state index in [1.165, 1.54) is 21.8 Å². The molecule has 0 unspecified atom stereocenters. The lowest BCUT2D eigenvalue weighted by Crippen LogP contribution is -2.29. The van der Waals surface area contributed by atoms with Gasteiger partial charge in [-0.2, -0.15) is 0 Å². The Morgan fingerprint density at radius 1 is 0.583 bits per heavy atom. The Kier molecular flexibility index (Phi) is 5.85. The van der Waals surface area contributed by atoms with Crippen LogP contribution < -0.4 is 5.46 Å². The lowest BCUT2D eigenvalue weighted by atomic mass is 9.80. The maximum atomic E-state index is 9.43. The van der Waals surface area contributed by atoms with Crippen molar-refractivity contribution in [2.75, 3.05) is 0 Å². The van der Waals surface area contributed by atoms with Crippen molar-refractivity contribution in [1.29, 1.82) is 0 Å². The van der Waals surface area contributed by atoms with E-state index in [1.54, 1.807) is 6.07 Å². The van der Waals surface area contributed by atoms with E-state index in [2.05, 4.69) is 86.1 Å². The molecule has 0 radical (unpaired) electrons. The maximum absolute atomic E-state index is 9.43. The molecular weight excluding hydrogens is 511 g/mol. The zero-order chi connectivity index (χ0) is 24.6. The van der Waals surface area contributed by atoms with Gasteiger partial charge in [0.15, 0.2) is 0 Å². The first kappa shape index (κ1) is 22.6. The van der Waals surface area contributed by atoms with Crippen LogP contribution >= 0.6 is 15.9 Å². The molecule has 7 rings (SSSR count). The van der Waals surface area contributed by atoms with Crippen LogP contribution in [-0.4, -0.2) is 26.7 Å². The fraction of sp³-hybridized carbons (Fsp3) is 0. The number of nitrogens with one attached hydrogen (secondary N) is 1. The molecular formula is C30H22BBrN2O2. The standard InChI is InChI=1S/C18H14BNO2.C12H8BrN/c21-19(22)13-10-11-18-16(12-13)15-8-4-5-9-17(15)20(18)14-6-2-1-3-7-14;13-8-5-6-12-10(7-8)9-3-1-2-4-11(9)14-12/h1-12,21-22H;1-7,14H. The summed E-state index contributed by atoms with van der Waals surface area (Å²) >= 11 is 3.49. The highest BCUT2D eigenvalue weighted by Crippen LogP contribution is 2.31. The molecule has 0 bridgehead atoms. The van der Waals surface area contributed by atoms with Crippen molar-refractivity contribution < 1.29 is 10.0 Å². The Morgan fingerprint density at radius 3 is 2.06 bits per heavy atom. The molecule has 0 aliphatic heterocycles. The number of hydrogen-bond acceptors (Lipinski definition) is 2. The summed E-state index contributed by atoms with van der Waals surface area (Å²) in [6.45, 7) is 0. The number of para-hydroxylation sites is 3. The van der Waals surface area contributed by atoms with Crippen LogP contribution in [-0.2, 0) is 0 Å². The zero-order valence-corrected chi connectivity index (χ0v) is 20.9. The third-order valence-electron chi connectivity index (χ3n) is 6.48. The Labute approximate surface area is 216 Å². The summed E-state index contributed by atoms with van der Waals surface area (Å²) in [5.74, 6) is 0. The summed E-state index contributed by atoms with van der Waals surface area (Å²) in [7, 11) is -1.46. The molecule has 0 fully saturated rings. The summed E-state index contributed by atoms with van der Waals surface area (Å²) in [5.41, 5.74) is 6.13. The number of aromatic nitrogens is 2. The van der Waals surface area contributed by atoms with Crippen LogP contribution in [0.1, 0.15) is 0 Å². The minimum Gasteiger partial charge on any atom is -0.423 e. The number of aromatic amines is 1. The molecule has 7 aromatic rings. The van der Waals surface area contributed by atoms with Crippen LogP contribution in [0.3, 0.4) is 0 Å². The molecule has 2 aromatic heterocycles. The van der Waals surface area contributed by atoms with Gasteiger partial charge in [-0.15, -0.1) is 0 Å². The van der Waals surface area contributed by atoms with Crippen LogP contribution in [0, 0.1) is 0 Å². The fourth-order valence-corrected chi connectivity index (χ4v) is 5.19. The number of rotatable bonds is 2. The minimum atomic E-state index is -1.46. The highest BCUT2D eigenvalue weighted by Gasteiger charge is 2.16. The van der Waals surface area contributed by atoms with E-state index >= 15 is 0 Å². The molecule has 3 N–H and O–H groups in total. The van der Waals surface area contributed by atoms with Crippen molar-refractivity contribution in [3.8, 4) is 5.69 Å². The van der Waals surface area contributed by atoms with E-state index in [0.717, 1.165) is 32.0 Å². The molecule has 0 saturated heterocycles. The Morgan fingerprint density at radius 2 is 1.25 bits per heavy atom. The summed E-state index contributed by atoms with van der Waals surface area (Å²) in [5, 5.41) is 23.5. The monoisotopic (exact) mass is 532 g/mol. The molecule has 174 valence electrons. The third-order valence-corrected chi connectivity index (χ3v) is 6.97. The minimum absolute atomic E-state index is 0.503. The van der Waals surface area contributed by atoms with Gasteiger partial charge in [-0.3, -0.25) is 0 Å². The van der Waals surface area contributed by atoms with E-state index in [9.17, 15) is 10.0 Å². The molecule has 0 atom stereocenters. The van der Waals surface area contributed by atoms with Crippen LogP contribution in [0.15, 0.2) is 120 Å². The summed E-state index contributed by atoms with van der Waals surface area (Å²) in [4.78, 5) is 3.38. The van der Waals surface area contributed by atoms with Gasteiger partial charge in [-0.05, 0) is 54.0 Å². The smallest absolute Gasteiger partial charge is 0.423 e. The Hall–Kier alpha value is -3.84. The van der Waals surface area contributed by atoms with E-state index in [4.69, 9.17) is 0 Å². The Bertz CT molecular complexity index is 1840. The van der Waals surface area contributed by atoms with Gasteiger partial charge in [0.2, 0.25) is 0 Å². The highest BCUT2D eigenvalue weighted by atomic mass is 79.9. The highest BCUT2D eigenvalue weighted by molar-refractivity contribution is 9.10. The van der Waals surface area contributed by atoms with Crippen molar-refractivity contribution in [3.63, 3.8) is 0 Å². The molecule has 5 aromatic carbocycles. The van der Waals surface area contributed by atoms with Gasteiger partial charge >= 0.3 is 7.12 Å². The van der Waals surface area contributed by atoms with Crippen molar-refractivity contribution in [2.24, 2.45) is 0 Å². The SMILES string of the molecule is Brc1ccc2[nH]c3ccccc3c2c1.OB(O)c1ccc2c(c1)c1ccccc1n2-c1ccccc1. The van der Waals surface area contributed by atoms with E-state index < -0.39 is 7.12 Å². The predicted octanol–water partition coefficient (Wildman–Crippen LogP) is 6.55. The average Bonchev–Trinajstić information content (AvgIpc) is 3.44. The molecule has 2 heterocycles. The molecule has 0 amide bonds. The number of hydrogen-bond donors (Lipinski definition) is 3. The van der Waals surface area contributed by atoms with E-state index in [1.807, 2.05) is 48.5 Å². The lowest BCUT2D eigenvalue weighted by Gasteiger charge is -2.07. The largest absolute Gasteiger partial charge is 0.488 e. The van der Waals surface area contributed by atoms with Gasteiger partial charge in [-0.25, -0.2) is 0 Å². The van der Waals surface area contributed by atoms with Gasteiger partial charge < -0.3 is 19.6 Å². The van der Waals surface area contributed by atoms with E-state index in [0.29, 0.717) is 5.46 Å². The van der Waals surface area contributed by atoms with Gasteiger partial charge in [0, 0.05) is 42.7 Å². The molecule has 0 aliphatic rings. The number of fused-ring (bicyclic) bond motifs is 6. The Balaban J connectivity index is 0.000000147. The second-order valence-corrected chi connectivity index (χ2v) is 9.61. The van der Waals surface area contributed by atoms with Gasteiger partial charge in [0.25, 0.3) is 0 Å². The van der Waals surface area contributed by atoms with Crippen molar-refractivity contribution in [2.45, 2.75) is 0 Å².